The van der Waals surface area contributed by atoms with Crippen molar-refractivity contribution in [2.45, 2.75) is 5.60 Å². The third kappa shape index (κ3) is 3.50. The molecule has 0 saturated heterocycles. The predicted octanol–water partition coefficient (Wildman–Crippen LogP) is 4.41. The highest BCUT2D eigenvalue weighted by Gasteiger charge is 2.37. The molecule has 0 amide bonds. The highest BCUT2D eigenvalue weighted by Crippen LogP contribution is 2.38. The maximum absolute atomic E-state index is 14.0. The second-order valence-electron chi connectivity index (χ2n) is 8.17. The molecular formula is C26H20ClFN4O2. The lowest BCUT2D eigenvalue weighted by molar-refractivity contribution is 0.117. The van der Waals surface area contributed by atoms with E-state index in [2.05, 4.69) is 9.97 Å². The second kappa shape index (κ2) is 8.20. The molecule has 0 unspecified atom stereocenters. The largest absolute Gasteiger partial charge is 0.374 e. The van der Waals surface area contributed by atoms with Gasteiger partial charge in [-0.2, -0.15) is 0 Å². The Morgan fingerprint density at radius 3 is 2.44 bits per heavy atom. The van der Waals surface area contributed by atoms with Crippen LogP contribution < -0.4 is 5.56 Å². The standard InChI is InChI=1S/C26H20ClFN4O2/c1-31-15-29-14-23(31)26(34,17-6-8-19(27)9-7-17)18-11-22-21(16-4-3-5-20(28)10-16)12-24(33)32(2)25(22)30-13-18/h3-15,34H,1-2H3/t26-/m1/s1. The number of halogens is 2. The van der Waals surface area contributed by atoms with Gasteiger partial charge < -0.3 is 9.67 Å². The van der Waals surface area contributed by atoms with Crippen LogP contribution in [-0.4, -0.2) is 24.2 Å². The number of imidazole rings is 1. The van der Waals surface area contributed by atoms with Gasteiger partial charge in [0.2, 0.25) is 0 Å². The summed E-state index contributed by atoms with van der Waals surface area (Å²) >= 11 is 6.10. The number of pyridine rings is 2. The molecule has 1 N–H and O–H groups in total. The molecule has 0 aliphatic rings. The first-order chi connectivity index (χ1) is 16.3. The van der Waals surface area contributed by atoms with E-state index in [4.69, 9.17) is 11.6 Å². The molecule has 5 aromatic rings. The zero-order valence-corrected chi connectivity index (χ0v) is 19.2. The molecule has 3 heterocycles. The fourth-order valence-electron chi connectivity index (χ4n) is 4.28. The van der Waals surface area contributed by atoms with E-state index in [9.17, 15) is 14.3 Å². The molecule has 0 aliphatic carbocycles. The van der Waals surface area contributed by atoms with E-state index in [1.54, 1.807) is 79.8 Å². The van der Waals surface area contributed by atoms with Crippen LogP contribution in [0.1, 0.15) is 16.8 Å². The van der Waals surface area contributed by atoms with Gasteiger partial charge in [-0.15, -0.1) is 0 Å². The van der Waals surface area contributed by atoms with Crippen molar-refractivity contribution in [2.75, 3.05) is 0 Å². The second-order valence-corrected chi connectivity index (χ2v) is 8.60. The van der Waals surface area contributed by atoms with E-state index in [0.29, 0.717) is 44.0 Å². The smallest absolute Gasteiger partial charge is 0.252 e. The van der Waals surface area contributed by atoms with Gasteiger partial charge in [-0.25, -0.2) is 14.4 Å². The Hall–Kier alpha value is -3.81. The van der Waals surface area contributed by atoms with Crippen LogP contribution in [-0.2, 0) is 19.7 Å². The monoisotopic (exact) mass is 474 g/mol. The SMILES string of the molecule is Cn1cncc1[C@@](O)(c1ccc(Cl)cc1)c1cnc2c(c1)c(-c1cccc(F)c1)cc(=O)n2C. The summed E-state index contributed by atoms with van der Waals surface area (Å²) < 4.78 is 17.2. The van der Waals surface area contributed by atoms with Gasteiger partial charge in [-0.3, -0.25) is 9.36 Å². The van der Waals surface area contributed by atoms with Crippen LogP contribution in [0.15, 0.2) is 84.2 Å². The Morgan fingerprint density at radius 1 is 1.00 bits per heavy atom. The van der Waals surface area contributed by atoms with Gasteiger partial charge >= 0.3 is 0 Å². The number of nitrogens with zero attached hydrogens (tertiary/aromatic N) is 4. The minimum absolute atomic E-state index is 0.272. The number of hydrogen-bond acceptors (Lipinski definition) is 4. The number of hydrogen-bond donors (Lipinski definition) is 1. The van der Waals surface area contributed by atoms with Crippen molar-refractivity contribution in [3.05, 3.63) is 117 Å². The quantitative estimate of drug-likeness (QED) is 0.419. The molecule has 34 heavy (non-hydrogen) atoms. The lowest BCUT2D eigenvalue weighted by Crippen LogP contribution is -2.31. The molecule has 1 atom stereocenters. The summed E-state index contributed by atoms with van der Waals surface area (Å²) in [5, 5.41) is 13.3. The molecule has 0 fully saturated rings. The van der Waals surface area contributed by atoms with Crippen molar-refractivity contribution < 1.29 is 9.50 Å². The van der Waals surface area contributed by atoms with Crippen molar-refractivity contribution in [1.29, 1.82) is 0 Å². The van der Waals surface area contributed by atoms with Crippen molar-refractivity contribution in [1.82, 2.24) is 19.1 Å². The van der Waals surface area contributed by atoms with E-state index in [0.717, 1.165) is 0 Å². The first-order valence-electron chi connectivity index (χ1n) is 10.5. The summed E-state index contributed by atoms with van der Waals surface area (Å²) in [6, 6.07) is 16.2. The Bertz CT molecular complexity index is 1590. The molecule has 0 spiro atoms. The van der Waals surface area contributed by atoms with Gasteiger partial charge in [0.15, 0.2) is 5.60 Å². The Balaban J connectivity index is 1.84. The minimum Gasteiger partial charge on any atom is -0.374 e. The van der Waals surface area contributed by atoms with Crippen molar-refractivity contribution >= 4 is 22.6 Å². The first kappa shape index (κ1) is 22.0. The Morgan fingerprint density at radius 2 is 1.76 bits per heavy atom. The van der Waals surface area contributed by atoms with E-state index in [1.165, 1.54) is 22.8 Å². The summed E-state index contributed by atoms with van der Waals surface area (Å²) in [5.74, 6) is -0.414. The van der Waals surface area contributed by atoms with Crippen molar-refractivity contribution in [2.24, 2.45) is 14.1 Å². The fraction of sp³-hybridized carbons (Fsp3) is 0.115. The number of rotatable bonds is 4. The van der Waals surface area contributed by atoms with Gasteiger partial charge in [0.25, 0.3) is 5.56 Å². The van der Waals surface area contributed by atoms with Gasteiger partial charge in [-0.05, 0) is 47.0 Å². The highest BCUT2D eigenvalue weighted by atomic mass is 35.5. The fourth-order valence-corrected chi connectivity index (χ4v) is 4.40. The lowest BCUT2D eigenvalue weighted by atomic mass is 9.83. The van der Waals surface area contributed by atoms with Gasteiger partial charge in [0.05, 0.1) is 18.2 Å². The average molecular weight is 475 g/mol. The maximum Gasteiger partial charge on any atom is 0.252 e. The molecule has 0 radical (unpaired) electrons. The third-order valence-corrected chi connectivity index (χ3v) is 6.33. The highest BCUT2D eigenvalue weighted by molar-refractivity contribution is 6.30. The Kier molecular flexibility index (Phi) is 5.31. The molecule has 2 aromatic carbocycles. The molecule has 3 aromatic heterocycles. The van der Waals surface area contributed by atoms with Crippen LogP contribution in [0.25, 0.3) is 22.2 Å². The van der Waals surface area contributed by atoms with Crippen LogP contribution in [0.3, 0.4) is 0 Å². The molecular weight excluding hydrogens is 455 g/mol. The zero-order chi connectivity index (χ0) is 24.0. The Labute approximate surface area is 199 Å². The molecule has 0 aliphatic heterocycles. The topological polar surface area (TPSA) is 72.9 Å². The average Bonchev–Trinajstić information content (AvgIpc) is 3.27. The summed E-state index contributed by atoms with van der Waals surface area (Å²) in [6.07, 6.45) is 4.73. The van der Waals surface area contributed by atoms with E-state index in [-0.39, 0.29) is 5.56 Å². The summed E-state index contributed by atoms with van der Waals surface area (Å²) in [5.41, 5.74) is 1.14. The first-order valence-corrected chi connectivity index (χ1v) is 10.9. The number of aromatic nitrogens is 4. The summed E-state index contributed by atoms with van der Waals surface area (Å²) in [4.78, 5) is 21.4. The van der Waals surface area contributed by atoms with Crippen molar-refractivity contribution in [3.8, 4) is 11.1 Å². The number of fused-ring (bicyclic) bond motifs is 1. The van der Waals surface area contributed by atoms with Crippen LogP contribution in [0.5, 0.6) is 0 Å². The van der Waals surface area contributed by atoms with E-state index < -0.39 is 11.4 Å². The molecule has 170 valence electrons. The summed E-state index contributed by atoms with van der Waals surface area (Å²) in [7, 11) is 3.42. The normalized spacial score (nSPS) is 13.2. The zero-order valence-electron chi connectivity index (χ0n) is 18.4. The lowest BCUT2D eigenvalue weighted by Gasteiger charge is -2.30. The molecule has 0 bridgehead atoms. The van der Waals surface area contributed by atoms with Crippen LogP contribution in [0, 0.1) is 5.82 Å². The van der Waals surface area contributed by atoms with Crippen LogP contribution in [0.2, 0.25) is 5.02 Å². The number of aryl methyl sites for hydroxylation is 2. The molecule has 6 nitrogen and oxygen atoms in total. The number of benzene rings is 2. The van der Waals surface area contributed by atoms with Crippen LogP contribution >= 0.6 is 11.6 Å². The number of aliphatic hydroxyl groups is 1. The predicted molar refractivity (Wildman–Crippen MR) is 129 cm³/mol. The minimum atomic E-state index is -1.62. The van der Waals surface area contributed by atoms with Crippen LogP contribution in [0.4, 0.5) is 4.39 Å². The van der Waals surface area contributed by atoms with Gasteiger partial charge in [0, 0.05) is 42.3 Å². The summed E-state index contributed by atoms with van der Waals surface area (Å²) in [6.45, 7) is 0. The van der Waals surface area contributed by atoms with Gasteiger partial charge in [0.1, 0.15) is 11.5 Å². The van der Waals surface area contributed by atoms with E-state index in [1.807, 2.05) is 0 Å². The molecule has 8 heteroatoms. The molecule has 5 rings (SSSR count). The van der Waals surface area contributed by atoms with E-state index >= 15 is 0 Å². The maximum atomic E-state index is 14.0. The third-order valence-electron chi connectivity index (χ3n) is 6.08. The van der Waals surface area contributed by atoms with Gasteiger partial charge in [-0.1, -0.05) is 35.9 Å². The van der Waals surface area contributed by atoms with Crippen molar-refractivity contribution in [3.63, 3.8) is 0 Å². The molecule has 0 saturated carbocycles.